The number of amides is 1. The van der Waals surface area contributed by atoms with Crippen molar-refractivity contribution in [3.63, 3.8) is 0 Å². The van der Waals surface area contributed by atoms with Gasteiger partial charge in [0.05, 0.1) is 18.2 Å². The van der Waals surface area contributed by atoms with Crippen LogP contribution >= 0.6 is 0 Å². The summed E-state index contributed by atoms with van der Waals surface area (Å²) < 4.78 is 24.3. The Labute approximate surface area is 211 Å². The smallest absolute Gasteiger partial charge is 0.407 e. The van der Waals surface area contributed by atoms with Crippen LogP contribution in [0.4, 0.5) is 9.18 Å². The molecule has 7 heteroatoms. The summed E-state index contributed by atoms with van der Waals surface area (Å²) in [7, 11) is 0. The van der Waals surface area contributed by atoms with E-state index in [0.717, 1.165) is 42.5 Å². The van der Waals surface area contributed by atoms with Crippen LogP contribution in [0.5, 0.6) is 0 Å². The van der Waals surface area contributed by atoms with Crippen molar-refractivity contribution in [2.24, 2.45) is 29.6 Å². The lowest BCUT2D eigenvalue weighted by molar-refractivity contribution is -0.144. The number of fused-ring (bicyclic) bond motifs is 2. The van der Waals surface area contributed by atoms with Gasteiger partial charge in [-0.3, -0.25) is 9.78 Å². The number of hydrogen-bond acceptors (Lipinski definition) is 5. The van der Waals surface area contributed by atoms with Crippen molar-refractivity contribution in [1.29, 1.82) is 0 Å². The highest BCUT2D eigenvalue weighted by atomic mass is 19.1. The van der Waals surface area contributed by atoms with Crippen molar-refractivity contribution < 1.29 is 23.5 Å². The molecule has 1 aliphatic heterocycles. The van der Waals surface area contributed by atoms with Crippen LogP contribution < -0.4 is 5.32 Å². The van der Waals surface area contributed by atoms with Crippen LogP contribution in [0.2, 0.25) is 0 Å². The van der Waals surface area contributed by atoms with Gasteiger partial charge in [-0.15, -0.1) is 0 Å². The van der Waals surface area contributed by atoms with Crippen LogP contribution in [0.15, 0.2) is 48.7 Å². The van der Waals surface area contributed by atoms with Crippen LogP contribution in [-0.4, -0.2) is 35.8 Å². The van der Waals surface area contributed by atoms with Crippen LogP contribution in [0.3, 0.4) is 0 Å². The van der Waals surface area contributed by atoms with Crippen LogP contribution in [0.1, 0.15) is 45.2 Å². The molecule has 3 fully saturated rings. The molecule has 190 valence electrons. The largest absolute Gasteiger partial charge is 0.462 e. The van der Waals surface area contributed by atoms with Gasteiger partial charge in [-0.2, -0.15) is 0 Å². The van der Waals surface area contributed by atoms with E-state index in [2.05, 4.69) is 16.4 Å². The van der Waals surface area contributed by atoms with E-state index >= 15 is 0 Å². The molecule has 1 saturated heterocycles. The Bertz CT molecular complexity index is 1130. The zero-order valence-electron chi connectivity index (χ0n) is 20.7. The van der Waals surface area contributed by atoms with E-state index in [1.807, 2.05) is 31.2 Å². The van der Waals surface area contributed by atoms with Crippen molar-refractivity contribution in [1.82, 2.24) is 10.3 Å². The quantitative estimate of drug-likeness (QED) is 0.548. The van der Waals surface area contributed by atoms with Crippen molar-refractivity contribution >= 4 is 18.1 Å². The third-order valence-electron chi connectivity index (χ3n) is 8.18. The summed E-state index contributed by atoms with van der Waals surface area (Å²) in [6.45, 7) is 4.15. The lowest BCUT2D eigenvalue weighted by Crippen LogP contribution is -2.48. The van der Waals surface area contributed by atoms with E-state index < -0.39 is 0 Å². The first-order chi connectivity index (χ1) is 17.4. The average Bonchev–Trinajstić information content (AvgIpc) is 3.15. The van der Waals surface area contributed by atoms with E-state index in [0.29, 0.717) is 18.4 Å². The maximum atomic E-state index is 13.6. The fraction of sp³-hybridized carbons (Fsp3) is 0.483. The van der Waals surface area contributed by atoms with Crippen LogP contribution in [-0.2, 0) is 14.3 Å². The highest BCUT2D eigenvalue weighted by Gasteiger charge is 2.54. The molecule has 2 aliphatic carbocycles. The maximum absolute atomic E-state index is 13.6. The maximum Gasteiger partial charge on any atom is 0.407 e. The van der Waals surface area contributed by atoms with Gasteiger partial charge >= 0.3 is 12.1 Å². The number of aromatic nitrogens is 1. The summed E-state index contributed by atoms with van der Waals surface area (Å²) in [5.74, 6) is 0.629. The van der Waals surface area contributed by atoms with Gasteiger partial charge in [0, 0.05) is 23.7 Å². The fourth-order valence-corrected chi connectivity index (χ4v) is 6.64. The van der Waals surface area contributed by atoms with E-state index in [1.165, 1.54) is 12.1 Å². The summed E-state index contributed by atoms with van der Waals surface area (Å²) in [6, 6.07) is 10.4. The molecular formula is C29H33FN2O4. The Hall–Kier alpha value is -3.22. The molecule has 2 saturated carbocycles. The molecule has 1 unspecified atom stereocenters. The first-order valence-electron chi connectivity index (χ1n) is 13.0. The molecule has 1 aromatic carbocycles. The lowest BCUT2D eigenvalue weighted by Gasteiger charge is -2.47. The second-order valence-corrected chi connectivity index (χ2v) is 10.3. The van der Waals surface area contributed by atoms with Gasteiger partial charge < -0.3 is 14.8 Å². The molecule has 2 heterocycles. The number of nitrogens with one attached hydrogen (secondary N) is 1. The van der Waals surface area contributed by atoms with Gasteiger partial charge in [0.1, 0.15) is 11.9 Å². The molecule has 3 aliphatic rings. The Balaban J connectivity index is 1.34. The second-order valence-electron chi connectivity index (χ2n) is 10.3. The monoisotopic (exact) mass is 492 g/mol. The first-order valence-corrected chi connectivity index (χ1v) is 13.0. The molecule has 6 nitrogen and oxygen atoms in total. The third-order valence-corrected chi connectivity index (χ3v) is 8.18. The minimum absolute atomic E-state index is 0.0679. The number of benzene rings is 1. The van der Waals surface area contributed by atoms with Crippen molar-refractivity contribution in [2.75, 3.05) is 6.61 Å². The van der Waals surface area contributed by atoms with Crippen LogP contribution in [0.25, 0.3) is 17.2 Å². The number of halogens is 1. The number of esters is 1. The number of hydrogen-bond donors (Lipinski definition) is 1. The fourth-order valence-electron chi connectivity index (χ4n) is 6.64. The molecule has 1 N–H and O–H groups in total. The Morgan fingerprint density at radius 2 is 2.08 bits per heavy atom. The zero-order chi connectivity index (χ0) is 25.2. The summed E-state index contributed by atoms with van der Waals surface area (Å²) in [4.78, 5) is 29.2. The van der Waals surface area contributed by atoms with Crippen molar-refractivity contribution in [3.05, 3.63) is 60.2 Å². The molecular weight excluding hydrogens is 459 g/mol. The van der Waals surface area contributed by atoms with Crippen LogP contribution in [0, 0.1) is 35.4 Å². The molecule has 0 radical (unpaired) electrons. The van der Waals surface area contributed by atoms with E-state index in [4.69, 9.17) is 9.47 Å². The topological polar surface area (TPSA) is 77.5 Å². The summed E-state index contributed by atoms with van der Waals surface area (Å²) in [5.41, 5.74) is 2.48. The molecule has 7 atom stereocenters. The summed E-state index contributed by atoms with van der Waals surface area (Å²) >= 11 is 0. The van der Waals surface area contributed by atoms with Crippen molar-refractivity contribution in [2.45, 2.75) is 51.7 Å². The number of ether oxygens (including phenoxy) is 2. The number of carbonyl (C=O) groups excluding carboxylic acids is 2. The van der Waals surface area contributed by atoms with Gasteiger partial charge in [-0.05, 0) is 87.1 Å². The van der Waals surface area contributed by atoms with Gasteiger partial charge in [0.2, 0.25) is 0 Å². The SMILES string of the molecule is CCOC(=O)N[C@@H]1CCC2[C@@H](C1)C[C@H]1C(=O)O[C@H](C)[C@H]1[C@H]2/C=C/c1ccc(-c2cccc(F)c2)cn1. The predicted molar refractivity (Wildman–Crippen MR) is 134 cm³/mol. The molecule has 36 heavy (non-hydrogen) atoms. The second kappa shape index (κ2) is 10.4. The Morgan fingerprint density at radius 1 is 1.22 bits per heavy atom. The number of pyridine rings is 1. The van der Waals surface area contributed by atoms with Gasteiger partial charge in [0.15, 0.2) is 0 Å². The Morgan fingerprint density at radius 3 is 2.83 bits per heavy atom. The molecule has 1 amide bonds. The highest BCUT2D eigenvalue weighted by molar-refractivity contribution is 5.75. The summed E-state index contributed by atoms with van der Waals surface area (Å²) in [5, 5.41) is 3.00. The average molecular weight is 493 g/mol. The van der Waals surface area contributed by atoms with E-state index in [-0.39, 0.29) is 47.8 Å². The number of rotatable bonds is 5. The zero-order valence-corrected chi connectivity index (χ0v) is 20.7. The predicted octanol–water partition coefficient (Wildman–Crippen LogP) is 5.63. The first kappa shape index (κ1) is 24.5. The number of nitrogens with zero attached hydrogens (tertiary/aromatic N) is 1. The van der Waals surface area contributed by atoms with Gasteiger partial charge in [0.25, 0.3) is 0 Å². The minimum Gasteiger partial charge on any atom is -0.462 e. The molecule has 5 rings (SSSR count). The lowest BCUT2D eigenvalue weighted by atomic mass is 9.57. The number of carbonyl (C=O) groups is 2. The highest BCUT2D eigenvalue weighted by Crippen LogP contribution is 2.53. The van der Waals surface area contributed by atoms with Crippen molar-refractivity contribution in [3.8, 4) is 11.1 Å². The number of alkyl carbamates (subject to hydrolysis) is 1. The number of allylic oxidation sites excluding steroid dienone is 1. The molecule has 0 spiro atoms. The minimum atomic E-state index is -0.368. The number of cyclic esters (lactones) is 1. The standard InChI is InChI=1S/C29H33FN2O4/c1-3-35-29(34)32-23-10-11-24-20(14-23)15-26-27(17(2)36-28(26)33)25(24)12-9-22-8-7-19(16-31-22)18-5-4-6-21(30)13-18/h4-9,12-13,16-17,20,23-27H,3,10-11,14-15H2,1-2H3,(H,32,34)/b12-9+/t17-,20+,23-,24?,25+,26-,27+/m1/s1. The molecule has 2 aromatic rings. The van der Waals surface area contributed by atoms with E-state index in [9.17, 15) is 14.0 Å². The normalized spacial score (nSPS) is 31.4. The molecule has 0 bridgehead atoms. The summed E-state index contributed by atoms with van der Waals surface area (Å²) in [6.07, 6.45) is 9.07. The van der Waals surface area contributed by atoms with E-state index in [1.54, 1.807) is 19.2 Å². The van der Waals surface area contributed by atoms with Gasteiger partial charge in [-0.25, -0.2) is 9.18 Å². The van der Waals surface area contributed by atoms with Gasteiger partial charge in [-0.1, -0.05) is 24.3 Å². The Kier molecular flexibility index (Phi) is 7.08. The third kappa shape index (κ3) is 5.01. The molecule has 1 aromatic heterocycles.